The third kappa shape index (κ3) is 5.21. The van der Waals surface area contributed by atoms with Crippen LogP contribution in [0.3, 0.4) is 0 Å². The van der Waals surface area contributed by atoms with Crippen LogP contribution in [-0.4, -0.2) is 23.9 Å². The summed E-state index contributed by atoms with van der Waals surface area (Å²) in [6.45, 7) is 8.59. The summed E-state index contributed by atoms with van der Waals surface area (Å²) in [4.78, 5) is 13.9. The number of hydrogen-bond acceptors (Lipinski definition) is 2. The first-order valence-electron chi connectivity index (χ1n) is 6.28. The molecule has 0 aliphatic heterocycles. The van der Waals surface area contributed by atoms with Crippen molar-refractivity contribution < 1.29 is 4.79 Å². The molecule has 0 fully saturated rings. The minimum Gasteiger partial charge on any atom is -0.340 e. The molecular weight excluding hydrogens is 260 g/mol. The molecule has 0 spiro atoms. The van der Waals surface area contributed by atoms with Crippen LogP contribution >= 0.6 is 12.4 Å². The number of likely N-dealkylation sites (N-methyl/N-ethyl adjacent to an activating group) is 1. The number of aryl methyl sites for hydroxylation is 1. The van der Waals surface area contributed by atoms with Crippen LogP contribution in [-0.2, 0) is 11.3 Å². The Morgan fingerprint density at radius 3 is 2.16 bits per heavy atom. The lowest BCUT2D eigenvalue weighted by molar-refractivity contribution is -0.134. The van der Waals surface area contributed by atoms with Gasteiger partial charge in [0.25, 0.3) is 0 Å². The molecule has 2 N–H and O–H groups in total. The zero-order chi connectivity index (χ0) is 13.9. The van der Waals surface area contributed by atoms with Gasteiger partial charge in [-0.2, -0.15) is 0 Å². The minimum atomic E-state index is -0.465. The highest BCUT2D eigenvalue weighted by molar-refractivity contribution is 5.85. The van der Waals surface area contributed by atoms with E-state index < -0.39 is 6.04 Å². The molecule has 0 aromatic heterocycles. The largest absolute Gasteiger partial charge is 0.340 e. The Kier molecular flexibility index (Phi) is 6.53. The van der Waals surface area contributed by atoms with Gasteiger partial charge in [-0.25, -0.2) is 0 Å². The highest BCUT2D eigenvalue weighted by Crippen LogP contribution is 2.19. The van der Waals surface area contributed by atoms with E-state index in [0.29, 0.717) is 6.54 Å². The van der Waals surface area contributed by atoms with Gasteiger partial charge in [0.15, 0.2) is 0 Å². The third-order valence-electron chi connectivity index (χ3n) is 3.12. The van der Waals surface area contributed by atoms with Crippen molar-refractivity contribution in [3.63, 3.8) is 0 Å². The van der Waals surface area contributed by atoms with Gasteiger partial charge in [0, 0.05) is 13.6 Å². The number of nitrogens with two attached hydrogens (primary N) is 1. The van der Waals surface area contributed by atoms with Gasteiger partial charge < -0.3 is 10.6 Å². The van der Waals surface area contributed by atoms with Crippen molar-refractivity contribution >= 4 is 18.3 Å². The maximum atomic E-state index is 12.2. The average Bonchev–Trinajstić information content (AvgIpc) is 2.29. The van der Waals surface area contributed by atoms with Crippen molar-refractivity contribution in [1.29, 1.82) is 0 Å². The first-order chi connectivity index (χ1) is 8.21. The summed E-state index contributed by atoms with van der Waals surface area (Å²) in [5.41, 5.74) is 8.12. The second-order valence-corrected chi connectivity index (χ2v) is 6.02. The summed E-state index contributed by atoms with van der Waals surface area (Å²) in [5.74, 6) is -0.0110. The molecule has 1 aromatic carbocycles. The van der Waals surface area contributed by atoms with Gasteiger partial charge >= 0.3 is 0 Å². The van der Waals surface area contributed by atoms with Gasteiger partial charge in [-0.05, 0) is 17.9 Å². The fourth-order valence-electron chi connectivity index (χ4n) is 1.65. The Morgan fingerprint density at radius 2 is 1.74 bits per heavy atom. The SMILES string of the molecule is Cc1ccc(CN(C)C(=O)[C@@H](N)C(C)(C)C)cc1.Cl. The molecule has 0 heterocycles. The fourth-order valence-corrected chi connectivity index (χ4v) is 1.65. The van der Waals surface area contributed by atoms with Crippen LogP contribution in [0.1, 0.15) is 31.9 Å². The molecule has 0 bridgehead atoms. The molecule has 1 amide bonds. The molecule has 0 saturated heterocycles. The van der Waals surface area contributed by atoms with Gasteiger partial charge in [-0.15, -0.1) is 12.4 Å². The summed E-state index contributed by atoms with van der Waals surface area (Å²) >= 11 is 0. The van der Waals surface area contributed by atoms with E-state index in [1.165, 1.54) is 5.56 Å². The summed E-state index contributed by atoms with van der Waals surface area (Å²) in [5, 5.41) is 0. The van der Waals surface area contributed by atoms with Gasteiger partial charge in [0.1, 0.15) is 0 Å². The standard InChI is InChI=1S/C15H24N2O.ClH/c1-11-6-8-12(9-7-11)10-17(5)14(18)13(16)15(2,3)4;/h6-9,13H,10,16H2,1-5H3;1H/t13-;/m1./s1. The van der Waals surface area contributed by atoms with E-state index in [4.69, 9.17) is 5.73 Å². The van der Waals surface area contributed by atoms with E-state index in [1.54, 1.807) is 11.9 Å². The Balaban J connectivity index is 0.00000324. The van der Waals surface area contributed by atoms with E-state index >= 15 is 0 Å². The first kappa shape index (κ1) is 17.9. The van der Waals surface area contributed by atoms with Crippen molar-refractivity contribution in [2.45, 2.75) is 40.3 Å². The number of amides is 1. The highest BCUT2D eigenvalue weighted by atomic mass is 35.5. The molecule has 0 saturated carbocycles. The Hall–Kier alpha value is -1.06. The lowest BCUT2D eigenvalue weighted by Gasteiger charge is -2.30. The quantitative estimate of drug-likeness (QED) is 0.928. The normalized spacial score (nSPS) is 12.5. The lowest BCUT2D eigenvalue weighted by atomic mass is 9.86. The van der Waals surface area contributed by atoms with E-state index in [1.807, 2.05) is 39.8 Å². The van der Waals surface area contributed by atoms with Crippen LogP contribution < -0.4 is 5.73 Å². The summed E-state index contributed by atoms with van der Waals surface area (Å²) in [6.07, 6.45) is 0. The first-order valence-corrected chi connectivity index (χ1v) is 6.28. The summed E-state index contributed by atoms with van der Waals surface area (Å²) in [7, 11) is 1.80. The van der Waals surface area contributed by atoms with Crippen LogP contribution in [0.2, 0.25) is 0 Å². The molecule has 0 aliphatic rings. The van der Waals surface area contributed by atoms with Crippen LogP contribution in [0.4, 0.5) is 0 Å². The molecular formula is C15H25ClN2O. The van der Waals surface area contributed by atoms with E-state index in [-0.39, 0.29) is 23.7 Å². The zero-order valence-electron chi connectivity index (χ0n) is 12.4. The number of carbonyl (C=O) groups is 1. The Bertz CT molecular complexity index is 409. The van der Waals surface area contributed by atoms with Crippen LogP contribution in [0.25, 0.3) is 0 Å². The van der Waals surface area contributed by atoms with E-state index in [2.05, 4.69) is 12.1 Å². The number of nitrogens with zero attached hydrogens (tertiary/aromatic N) is 1. The van der Waals surface area contributed by atoms with Crippen LogP contribution in [0.5, 0.6) is 0 Å². The van der Waals surface area contributed by atoms with Crippen molar-refractivity contribution in [1.82, 2.24) is 4.90 Å². The number of rotatable bonds is 3. The minimum absolute atomic E-state index is 0. The molecule has 0 unspecified atom stereocenters. The molecule has 19 heavy (non-hydrogen) atoms. The molecule has 0 aliphatic carbocycles. The molecule has 4 heteroatoms. The summed E-state index contributed by atoms with van der Waals surface area (Å²) in [6, 6.07) is 7.73. The molecule has 108 valence electrons. The highest BCUT2D eigenvalue weighted by Gasteiger charge is 2.29. The monoisotopic (exact) mass is 284 g/mol. The van der Waals surface area contributed by atoms with Crippen LogP contribution in [0, 0.1) is 12.3 Å². The number of benzene rings is 1. The average molecular weight is 285 g/mol. The number of carbonyl (C=O) groups excluding carboxylic acids is 1. The summed E-state index contributed by atoms with van der Waals surface area (Å²) < 4.78 is 0. The second kappa shape index (κ2) is 6.92. The third-order valence-corrected chi connectivity index (χ3v) is 3.12. The van der Waals surface area contributed by atoms with Crippen molar-refractivity contribution in [3.05, 3.63) is 35.4 Å². The zero-order valence-corrected chi connectivity index (χ0v) is 13.3. The number of halogens is 1. The van der Waals surface area contributed by atoms with Crippen LogP contribution in [0.15, 0.2) is 24.3 Å². The van der Waals surface area contributed by atoms with E-state index in [0.717, 1.165) is 5.56 Å². The van der Waals surface area contributed by atoms with Gasteiger partial charge in [0.05, 0.1) is 6.04 Å². The predicted molar refractivity (Wildman–Crippen MR) is 82.3 cm³/mol. The van der Waals surface area contributed by atoms with Crippen molar-refractivity contribution in [2.24, 2.45) is 11.1 Å². The van der Waals surface area contributed by atoms with Crippen molar-refractivity contribution in [3.8, 4) is 0 Å². The second-order valence-electron chi connectivity index (χ2n) is 6.02. The van der Waals surface area contributed by atoms with Crippen molar-refractivity contribution in [2.75, 3.05) is 7.05 Å². The van der Waals surface area contributed by atoms with Gasteiger partial charge in [-0.3, -0.25) is 4.79 Å². The van der Waals surface area contributed by atoms with Gasteiger partial charge in [0.2, 0.25) is 5.91 Å². The molecule has 1 rings (SSSR count). The molecule has 1 aromatic rings. The Labute approximate surface area is 122 Å². The smallest absolute Gasteiger partial charge is 0.240 e. The number of hydrogen-bond donors (Lipinski definition) is 1. The Morgan fingerprint density at radius 1 is 1.26 bits per heavy atom. The maximum absolute atomic E-state index is 12.2. The predicted octanol–water partition coefficient (Wildman–Crippen LogP) is 2.75. The maximum Gasteiger partial charge on any atom is 0.240 e. The molecule has 3 nitrogen and oxygen atoms in total. The fraction of sp³-hybridized carbons (Fsp3) is 0.533. The molecule has 1 atom stereocenters. The topological polar surface area (TPSA) is 46.3 Å². The van der Waals surface area contributed by atoms with Gasteiger partial charge in [-0.1, -0.05) is 50.6 Å². The molecule has 0 radical (unpaired) electrons. The van der Waals surface area contributed by atoms with E-state index in [9.17, 15) is 4.79 Å². The lowest BCUT2D eigenvalue weighted by Crippen LogP contribution is -2.48.